The van der Waals surface area contributed by atoms with Gasteiger partial charge in [0, 0.05) is 30.4 Å². The zero-order valence-corrected chi connectivity index (χ0v) is 51.3. The van der Waals surface area contributed by atoms with E-state index in [4.69, 9.17) is 33.2 Å². The summed E-state index contributed by atoms with van der Waals surface area (Å²) in [5.41, 5.74) is -2.11. The summed E-state index contributed by atoms with van der Waals surface area (Å²) in [5.74, 6) is -10.2. The number of carbonyl (C=O) groups excluding carboxylic acids is 11. The lowest BCUT2D eigenvalue weighted by Crippen LogP contribution is -2.42. The predicted molar refractivity (Wildman–Crippen MR) is 329 cm³/mol. The van der Waals surface area contributed by atoms with Gasteiger partial charge < -0.3 is 52.1 Å². The molecule has 5 rings (SSSR count). The third-order valence-corrected chi connectivity index (χ3v) is 13.4. The minimum absolute atomic E-state index is 0.00656. The predicted octanol–water partition coefficient (Wildman–Crippen LogP) is 10.2. The second-order valence-corrected chi connectivity index (χ2v) is 20.7. The molecule has 22 nitrogen and oxygen atoms in total. The van der Waals surface area contributed by atoms with E-state index >= 15 is 0 Å². The Morgan fingerprint density at radius 1 is 0.341 bits per heavy atom. The van der Waals surface area contributed by atoms with Crippen LogP contribution in [0.5, 0.6) is 11.5 Å². The van der Waals surface area contributed by atoms with Gasteiger partial charge in [0.05, 0.1) is 62.9 Å². The van der Waals surface area contributed by atoms with E-state index < -0.39 is 114 Å². The van der Waals surface area contributed by atoms with E-state index in [1.54, 1.807) is 0 Å². The fourth-order valence-corrected chi connectivity index (χ4v) is 7.80. The molecule has 5 aromatic rings. The van der Waals surface area contributed by atoms with E-state index in [2.05, 4.69) is 25.9 Å². The summed E-state index contributed by atoms with van der Waals surface area (Å²) in [7, 11) is 4.87. The molecule has 0 saturated carbocycles. The monoisotopic (exact) mass is 1250 g/mol. The van der Waals surface area contributed by atoms with E-state index in [9.17, 15) is 52.7 Å². The first kappa shape index (κ1) is 71.0. The lowest BCUT2D eigenvalue weighted by molar-refractivity contribution is -0.150. The zero-order valence-electron chi connectivity index (χ0n) is 51.3. The van der Waals surface area contributed by atoms with Crippen LogP contribution in [0.3, 0.4) is 0 Å². The van der Waals surface area contributed by atoms with Gasteiger partial charge in [-0.15, -0.1) is 0 Å². The van der Waals surface area contributed by atoms with Gasteiger partial charge in [-0.1, -0.05) is 87.6 Å². The Morgan fingerprint density at radius 3 is 0.879 bits per heavy atom. The first-order chi connectivity index (χ1) is 43.6. The quantitative estimate of drug-likeness (QED) is 0.0127. The molecule has 0 unspecified atom stereocenters. The lowest BCUT2D eigenvalue weighted by atomic mass is 9.93. The van der Waals surface area contributed by atoms with Crippen LogP contribution in [0.1, 0.15) is 133 Å². The van der Waals surface area contributed by atoms with Gasteiger partial charge >= 0.3 is 65.7 Å². The van der Waals surface area contributed by atoms with Gasteiger partial charge in [-0.05, 0) is 127 Å². The summed E-state index contributed by atoms with van der Waals surface area (Å²) in [4.78, 5) is 144. The second-order valence-electron chi connectivity index (χ2n) is 20.7. The number of unbranched alkanes of at least 4 members (excludes halogenated alkanes) is 5. The molecule has 0 aliphatic heterocycles. The van der Waals surface area contributed by atoms with Crippen molar-refractivity contribution < 1.29 is 105 Å². The summed E-state index contributed by atoms with van der Waals surface area (Å²) < 4.78 is 58.5. The molecule has 0 radical (unpaired) electrons. The van der Waals surface area contributed by atoms with E-state index in [0.29, 0.717) is 28.7 Å². The first-order valence-corrected chi connectivity index (χ1v) is 28.5. The van der Waals surface area contributed by atoms with Gasteiger partial charge in [0.25, 0.3) is 0 Å². The van der Waals surface area contributed by atoms with Crippen molar-refractivity contribution in [1.82, 2.24) is 0 Å². The Hall–Kier alpha value is -10.8. The average molecular weight is 1250 g/mol. The van der Waals surface area contributed by atoms with Crippen LogP contribution in [0.4, 0.5) is 0 Å². The average Bonchev–Trinajstić information content (AvgIpc) is 3.75. The molecule has 91 heavy (non-hydrogen) atoms. The molecule has 0 spiro atoms. The molecule has 0 amide bonds. The van der Waals surface area contributed by atoms with E-state index in [0.717, 1.165) is 50.3 Å². The molecule has 0 aliphatic carbocycles. The molecule has 0 N–H and O–H groups in total. The van der Waals surface area contributed by atoms with Gasteiger partial charge in [-0.25, -0.2) is 43.2 Å². The highest BCUT2D eigenvalue weighted by molar-refractivity contribution is 5.95. The highest BCUT2D eigenvalue weighted by Gasteiger charge is 2.41. The minimum atomic E-state index is -2.03. The molecule has 22 heteroatoms. The summed E-state index contributed by atoms with van der Waals surface area (Å²) in [6, 6.07) is 26.7. The fourth-order valence-electron chi connectivity index (χ4n) is 7.80. The third kappa shape index (κ3) is 23.4. The zero-order chi connectivity index (χ0) is 66.3. The normalized spacial score (nSPS) is 12.4. The lowest BCUT2D eigenvalue weighted by Gasteiger charge is -2.27. The Morgan fingerprint density at radius 2 is 0.604 bits per heavy atom. The molecule has 5 aromatic carbocycles. The first-order valence-electron chi connectivity index (χ1n) is 28.5. The van der Waals surface area contributed by atoms with Crippen LogP contribution in [0, 0.1) is 10.8 Å². The molecule has 0 bridgehead atoms. The maximum Gasteiger partial charge on any atom is 0.338 e. The van der Waals surface area contributed by atoms with Gasteiger partial charge in [0.2, 0.25) is 0 Å². The fraction of sp³-hybridized carbons (Fsp3) is 0.290. The molecule has 0 saturated heterocycles. The largest absolute Gasteiger partial charge is 0.466 e. The van der Waals surface area contributed by atoms with Gasteiger partial charge in [-0.2, -0.15) is 0 Å². The molecule has 0 fully saturated rings. The molecule has 0 atom stereocenters. The van der Waals surface area contributed by atoms with Crippen LogP contribution in [-0.4, -0.2) is 127 Å². The number of ether oxygens (including phenoxy) is 11. The number of hydrogen-bond donors (Lipinski definition) is 0. The third-order valence-electron chi connectivity index (χ3n) is 13.4. The highest BCUT2D eigenvalue weighted by Crippen LogP contribution is 2.31. The Balaban J connectivity index is 1.49. The highest BCUT2D eigenvalue weighted by atomic mass is 16.6. The topological polar surface area (TPSA) is 289 Å². The van der Waals surface area contributed by atoms with Crippen molar-refractivity contribution in [1.29, 1.82) is 0 Å². The minimum Gasteiger partial charge on any atom is -0.466 e. The van der Waals surface area contributed by atoms with Crippen LogP contribution < -0.4 is 9.47 Å². The van der Waals surface area contributed by atoms with Crippen molar-refractivity contribution in [2.45, 2.75) is 59.3 Å². The molecule has 478 valence electrons. The Bertz CT molecular complexity index is 3110. The van der Waals surface area contributed by atoms with Gasteiger partial charge in [0.1, 0.15) is 48.8 Å². The Kier molecular flexibility index (Phi) is 28.0. The van der Waals surface area contributed by atoms with Gasteiger partial charge in [0.15, 0.2) is 0 Å². The summed E-state index contributed by atoms with van der Waals surface area (Å²) >= 11 is 0. The van der Waals surface area contributed by atoms with E-state index in [1.165, 1.54) is 188 Å². The number of benzene rings is 5. The molecule has 0 aliphatic rings. The SMILES string of the molecule is CCCCCCCCOC(=O)c1cc(OC(=O)C(C)(COC(=O)c2ccc(C=CC(=O)OC)cc2)COC(=O)c2ccc(C=CC(=O)OC)cc2)cc(OC(=O)C(C)(COC(=O)c2ccc(C=CC(=O)OC)cc2)COC(=O)c2ccc(C=CC(=O)OC)cc2)c1. The van der Waals surface area contributed by atoms with Crippen molar-refractivity contribution in [3.63, 3.8) is 0 Å². The number of hydrogen-bond acceptors (Lipinski definition) is 22. The standard InChI is InChI=1S/C69H70O22/c1-8-9-10-11-12-13-38-85-65(78)54-39-55(90-66(79)68(2,42-86-61(74)50-26-14-46(15-27-50)22-34-57(70)81-4)43-87-62(75)51-28-16-47(17-29-51)23-35-58(71)82-5)41-56(40-54)91-67(80)69(3,44-88-63(76)52-30-18-48(19-31-52)24-36-59(72)83-6)45-89-64(77)53-32-20-49(21-33-53)25-37-60(73)84-7/h14-37,39-41H,8-13,38,42-45H2,1-7H3. The second kappa shape index (κ2) is 35.9. The smallest absolute Gasteiger partial charge is 0.338 e. The Labute approximate surface area is 525 Å². The summed E-state index contributed by atoms with van der Waals surface area (Å²) in [6.45, 7) is 1.53. The van der Waals surface area contributed by atoms with E-state index in [-0.39, 0.29) is 34.4 Å². The molecular weight excluding hydrogens is 1180 g/mol. The summed E-state index contributed by atoms with van der Waals surface area (Å²) in [5, 5.41) is 0. The maximum atomic E-state index is 14.7. The van der Waals surface area contributed by atoms with Gasteiger partial charge in [-0.3, -0.25) is 9.59 Å². The number of rotatable bonds is 32. The maximum absolute atomic E-state index is 14.7. The number of methoxy groups -OCH3 is 4. The molecular formula is C69H70O22. The number of esters is 11. The van der Waals surface area contributed by atoms with Crippen molar-refractivity contribution in [2.75, 3.05) is 61.5 Å². The van der Waals surface area contributed by atoms with Crippen molar-refractivity contribution in [3.05, 3.63) is 190 Å². The van der Waals surface area contributed by atoms with Crippen LogP contribution in [-0.2, 0) is 71.4 Å². The molecule has 0 heterocycles. The summed E-state index contributed by atoms with van der Waals surface area (Å²) in [6.07, 6.45) is 15.8. The van der Waals surface area contributed by atoms with Crippen molar-refractivity contribution in [2.24, 2.45) is 10.8 Å². The van der Waals surface area contributed by atoms with Crippen molar-refractivity contribution >= 4 is 90.0 Å². The van der Waals surface area contributed by atoms with E-state index in [1.807, 2.05) is 0 Å². The van der Waals surface area contributed by atoms with Crippen LogP contribution >= 0.6 is 0 Å². The van der Waals surface area contributed by atoms with Crippen LogP contribution in [0.2, 0.25) is 0 Å². The van der Waals surface area contributed by atoms with Crippen LogP contribution in [0.15, 0.2) is 140 Å². The van der Waals surface area contributed by atoms with Crippen LogP contribution in [0.25, 0.3) is 24.3 Å². The van der Waals surface area contributed by atoms with Crippen molar-refractivity contribution in [3.8, 4) is 11.5 Å². The molecule has 0 aromatic heterocycles. The number of carbonyl (C=O) groups is 11.